The first-order chi connectivity index (χ1) is 6.82. The maximum atomic E-state index is 9.99. The fraction of sp³-hybridized carbons (Fsp3) is 1.00. The molecule has 1 N–H and O–H groups in total. The van der Waals surface area contributed by atoms with Gasteiger partial charge < -0.3 is 14.6 Å². The first-order valence-corrected chi connectivity index (χ1v) is 5.78. The van der Waals surface area contributed by atoms with Crippen molar-refractivity contribution in [3.8, 4) is 0 Å². The molecular formula is C11H18O3. The predicted octanol–water partition coefficient (Wildman–Crippen LogP) is 1.30. The second kappa shape index (κ2) is 3.19. The van der Waals surface area contributed by atoms with Crippen molar-refractivity contribution in [1.82, 2.24) is 0 Å². The quantitative estimate of drug-likeness (QED) is 0.637. The molecule has 3 fully saturated rings. The lowest BCUT2D eigenvalue weighted by atomic mass is 9.76. The molecule has 0 radical (unpaired) electrons. The third-order valence-electron chi connectivity index (χ3n) is 4.14. The van der Waals surface area contributed by atoms with Crippen LogP contribution in [0.1, 0.15) is 32.1 Å². The number of fused-ring (bicyclic) bond motifs is 2. The Labute approximate surface area is 84.4 Å². The van der Waals surface area contributed by atoms with Crippen LogP contribution in [-0.2, 0) is 9.47 Å². The predicted molar refractivity (Wildman–Crippen MR) is 50.7 cm³/mol. The van der Waals surface area contributed by atoms with E-state index < -0.39 is 5.79 Å². The molecule has 0 aromatic carbocycles. The second-order valence-electron chi connectivity index (χ2n) is 4.83. The highest BCUT2D eigenvalue weighted by atomic mass is 16.7. The Hall–Kier alpha value is -0.120. The molecule has 80 valence electrons. The van der Waals surface area contributed by atoms with E-state index in [0.717, 1.165) is 19.3 Å². The minimum Gasteiger partial charge on any atom is -0.393 e. The SMILES string of the molecule is OC1CCC2CCCC3(OCCO3)C12. The van der Waals surface area contributed by atoms with Gasteiger partial charge in [-0.25, -0.2) is 0 Å². The number of hydrogen-bond donors (Lipinski definition) is 1. The van der Waals surface area contributed by atoms with Gasteiger partial charge in [-0.1, -0.05) is 0 Å². The van der Waals surface area contributed by atoms with Gasteiger partial charge in [-0.2, -0.15) is 0 Å². The maximum absolute atomic E-state index is 9.99. The zero-order valence-corrected chi connectivity index (χ0v) is 8.45. The summed E-state index contributed by atoms with van der Waals surface area (Å²) in [6, 6.07) is 0. The molecule has 1 heterocycles. The zero-order valence-electron chi connectivity index (χ0n) is 8.45. The molecule has 2 saturated carbocycles. The summed E-state index contributed by atoms with van der Waals surface area (Å²) in [6.45, 7) is 1.41. The minimum atomic E-state index is -0.404. The lowest BCUT2D eigenvalue weighted by Crippen LogP contribution is -2.48. The van der Waals surface area contributed by atoms with E-state index in [9.17, 15) is 5.11 Å². The van der Waals surface area contributed by atoms with Crippen LogP contribution in [0.15, 0.2) is 0 Å². The Bertz CT molecular complexity index is 221. The first-order valence-electron chi connectivity index (χ1n) is 5.78. The molecule has 1 saturated heterocycles. The fourth-order valence-electron chi connectivity index (χ4n) is 3.62. The Morgan fingerprint density at radius 1 is 1.07 bits per heavy atom. The molecule has 3 rings (SSSR count). The minimum absolute atomic E-state index is 0.196. The van der Waals surface area contributed by atoms with Crippen molar-refractivity contribution < 1.29 is 14.6 Å². The first kappa shape index (κ1) is 9.13. The Morgan fingerprint density at radius 3 is 2.64 bits per heavy atom. The average Bonchev–Trinajstić information content (AvgIpc) is 2.76. The number of aliphatic hydroxyl groups is 1. The largest absolute Gasteiger partial charge is 0.393 e. The molecule has 3 nitrogen and oxygen atoms in total. The van der Waals surface area contributed by atoms with E-state index in [4.69, 9.17) is 9.47 Å². The monoisotopic (exact) mass is 198 g/mol. The number of ether oxygens (including phenoxy) is 2. The molecule has 3 heteroatoms. The van der Waals surface area contributed by atoms with Gasteiger partial charge in [-0.15, -0.1) is 0 Å². The highest BCUT2D eigenvalue weighted by molar-refractivity contribution is 4.99. The van der Waals surface area contributed by atoms with E-state index >= 15 is 0 Å². The molecule has 2 aliphatic carbocycles. The van der Waals surface area contributed by atoms with Crippen molar-refractivity contribution in [2.45, 2.75) is 44.0 Å². The van der Waals surface area contributed by atoms with Crippen molar-refractivity contribution in [2.24, 2.45) is 11.8 Å². The van der Waals surface area contributed by atoms with Gasteiger partial charge in [0.1, 0.15) is 0 Å². The smallest absolute Gasteiger partial charge is 0.174 e. The van der Waals surface area contributed by atoms with E-state index in [1.54, 1.807) is 0 Å². The normalized spacial score (nSPS) is 45.6. The number of aliphatic hydroxyl groups excluding tert-OH is 1. The number of hydrogen-bond acceptors (Lipinski definition) is 3. The van der Waals surface area contributed by atoms with Crippen molar-refractivity contribution in [3.05, 3.63) is 0 Å². The zero-order chi connectivity index (χ0) is 9.60. The second-order valence-corrected chi connectivity index (χ2v) is 4.83. The summed E-state index contributed by atoms with van der Waals surface area (Å²) in [6.07, 6.45) is 5.30. The summed E-state index contributed by atoms with van der Waals surface area (Å²) >= 11 is 0. The molecule has 0 aromatic rings. The average molecular weight is 198 g/mol. The Morgan fingerprint density at radius 2 is 1.86 bits per heavy atom. The van der Waals surface area contributed by atoms with Crippen LogP contribution in [0.2, 0.25) is 0 Å². The van der Waals surface area contributed by atoms with Gasteiger partial charge in [0.15, 0.2) is 5.79 Å². The maximum Gasteiger partial charge on any atom is 0.174 e. The summed E-state index contributed by atoms with van der Waals surface area (Å²) in [5, 5.41) is 9.99. The van der Waals surface area contributed by atoms with E-state index in [-0.39, 0.29) is 12.0 Å². The summed E-state index contributed by atoms with van der Waals surface area (Å²) in [4.78, 5) is 0. The standard InChI is InChI=1S/C11H18O3/c12-9-4-3-8-2-1-5-11(10(8)9)13-6-7-14-11/h8-10,12H,1-7H2. The molecule has 3 aliphatic rings. The van der Waals surface area contributed by atoms with Crippen molar-refractivity contribution in [2.75, 3.05) is 13.2 Å². The lowest BCUT2D eigenvalue weighted by molar-refractivity contribution is -0.236. The van der Waals surface area contributed by atoms with Gasteiger partial charge >= 0.3 is 0 Å². The Balaban J connectivity index is 1.88. The molecule has 1 aliphatic heterocycles. The van der Waals surface area contributed by atoms with Crippen LogP contribution < -0.4 is 0 Å². The van der Waals surface area contributed by atoms with Gasteiger partial charge in [0, 0.05) is 12.3 Å². The van der Waals surface area contributed by atoms with Crippen LogP contribution in [-0.4, -0.2) is 30.2 Å². The van der Waals surface area contributed by atoms with Crippen LogP contribution >= 0.6 is 0 Å². The molecule has 0 bridgehead atoms. The third kappa shape index (κ3) is 1.16. The lowest BCUT2D eigenvalue weighted by Gasteiger charge is -2.42. The fourth-order valence-corrected chi connectivity index (χ4v) is 3.62. The third-order valence-corrected chi connectivity index (χ3v) is 4.14. The van der Waals surface area contributed by atoms with E-state index in [2.05, 4.69) is 0 Å². The molecular weight excluding hydrogens is 180 g/mol. The van der Waals surface area contributed by atoms with Gasteiger partial charge in [0.05, 0.1) is 19.3 Å². The summed E-state index contributed by atoms with van der Waals surface area (Å²) in [5.74, 6) is 0.481. The highest BCUT2D eigenvalue weighted by Gasteiger charge is 2.55. The summed E-state index contributed by atoms with van der Waals surface area (Å²) in [7, 11) is 0. The summed E-state index contributed by atoms with van der Waals surface area (Å²) < 4.78 is 11.6. The Kier molecular flexibility index (Phi) is 2.08. The summed E-state index contributed by atoms with van der Waals surface area (Å²) in [5.41, 5.74) is 0. The molecule has 3 atom stereocenters. The topological polar surface area (TPSA) is 38.7 Å². The molecule has 1 spiro atoms. The van der Waals surface area contributed by atoms with Crippen molar-refractivity contribution in [3.63, 3.8) is 0 Å². The van der Waals surface area contributed by atoms with Crippen LogP contribution in [0.5, 0.6) is 0 Å². The van der Waals surface area contributed by atoms with E-state index in [1.807, 2.05) is 0 Å². The van der Waals surface area contributed by atoms with Crippen LogP contribution in [0.3, 0.4) is 0 Å². The van der Waals surface area contributed by atoms with Crippen LogP contribution in [0, 0.1) is 11.8 Å². The molecule has 0 aromatic heterocycles. The van der Waals surface area contributed by atoms with E-state index in [0.29, 0.717) is 19.1 Å². The van der Waals surface area contributed by atoms with E-state index in [1.165, 1.54) is 12.8 Å². The van der Waals surface area contributed by atoms with Crippen LogP contribution in [0.4, 0.5) is 0 Å². The van der Waals surface area contributed by atoms with Crippen molar-refractivity contribution >= 4 is 0 Å². The van der Waals surface area contributed by atoms with Gasteiger partial charge in [0.25, 0.3) is 0 Å². The van der Waals surface area contributed by atoms with Gasteiger partial charge in [-0.05, 0) is 31.6 Å². The molecule has 0 amide bonds. The van der Waals surface area contributed by atoms with Crippen molar-refractivity contribution in [1.29, 1.82) is 0 Å². The highest BCUT2D eigenvalue weighted by Crippen LogP contribution is 2.51. The molecule has 14 heavy (non-hydrogen) atoms. The van der Waals surface area contributed by atoms with Gasteiger partial charge in [0.2, 0.25) is 0 Å². The van der Waals surface area contributed by atoms with Gasteiger partial charge in [-0.3, -0.25) is 0 Å². The molecule has 3 unspecified atom stereocenters. The van der Waals surface area contributed by atoms with Crippen LogP contribution in [0.25, 0.3) is 0 Å². The number of rotatable bonds is 0.